The van der Waals surface area contributed by atoms with Crippen molar-refractivity contribution in [2.75, 3.05) is 14.2 Å². The molecule has 0 aliphatic heterocycles. The minimum atomic E-state index is -0.352. The van der Waals surface area contributed by atoms with Crippen LogP contribution in [-0.2, 0) is 16.2 Å². The molecule has 0 unspecified atom stereocenters. The molecule has 0 saturated heterocycles. The minimum Gasteiger partial charge on any atom is -0.489 e. The van der Waals surface area contributed by atoms with E-state index >= 15 is 0 Å². The van der Waals surface area contributed by atoms with Crippen LogP contribution in [0.25, 0.3) is 0 Å². The van der Waals surface area contributed by atoms with Gasteiger partial charge in [0.25, 0.3) is 5.91 Å². The zero-order valence-electron chi connectivity index (χ0n) is 13.2. The third kappa shape index (κ3) is 4.63. The Balaban J connectivity index is 2.28. The van der Waals surface area contributed by atoms with Gasteiger partial charge in [-0.05, 0) is 23.8 Å². The smallest absolute Gasteiger partial charge is 0.273 e. The van der Waals surface area contributed by atoms with Gasteiger partial charge in [0.1, 0.15) is 19.5 Å². The molecular weight excluding hydrogens is 351 g/mol. The molecule has 2 aromatic rings. The molecule has 5 nitrogen and oxygen atoms in total. The van der Waals surface area contributed by atoms with Gasteiger partial charge < -0.3 is 14.9 Å². The van der Waals surface area contributed by atoms with Crippen molar-refractivity contribution in [2.24, 2.45) is 5.16 Å². The van der Waals surface area contributed by atoms with E-state index in [0.717, 1.165) is 5.56 Å². The molecule has 0 heterocycles. The van der Waals surface area contributed by atoms with Crippen LogP contribution in [0.1, 0.15) is 11.1 Å². The molecule has 1 amide bonds. The van der Waals surface area contributed by atoms with E-state index in [2.05, 4.69) is 10.5 Å². The number of oxime groups is 1. The molecule has 0 radical (unpaired) electrons. The van der Waals surface area contributed by atoms with Crippen LogP contribution in [0.15, 0.2) is 47.6 Å². The largest absolute Gasteiger partial charge is 0.489 e. The molecule has 1 N–H and O–H groups in total. The van der Waals surface area contributed by atoms with Gasteiger partial charge in [0.05, 0.1) is 0 Å². The molecule has 0 saturated carbocycles. The van der Waals surface area contributed by atoms with Gasteiger partial charge in [0.15, 0.2) is 5.71 Å². The van der Waals surface area contributed by atoms with Crippen molar-refractivity contribution < 1.29 is 14.4 Å². The number of amides is 1. The highest BCUT2D eigenvalue weighted by Crippen LogP contribution is 2.25. The fourth-order valence-electron chi connectivity index (χ4n) is 2.07. The first kappa shape index (κ1) is 18.1. The number of ether oxygens (including phenoxy) is 1. The summed E-state index contributed by atoms with van der Waals surface area (Å²) in [5, 5.41) is 7.32. The van der Waals surface area contributed by atoms with Crippen molar-refractivity contribution in [1.82, 2.24) is 5.32 Å². The highest BCUT2D eigenvalue weighted by molar-refractivity contribution is 6.45. The van der Waals surface area contributed by atoms with E-state index in [1.54, 1.807) is 24.3 Å². The molecule has 2 aromatic carbocycles. The van der Waals surface area contributed by atoms with Gasteiger partial charge in [-0.3, -0.25) is 4.79 Å². The maximum Gasteiger partial charge on any atom is 0.273 e. The summed E-state index contributed by atoms with van der Waals surface area (Å²) in [4.78, 5) is 16.8. The van der Waals surface area contributed by atoms with Crippen LogP contribution in [0, 0.1) is 0 Å². The number of carbonyl (C=O) groups excluding carboxylic acids is 1. The summed E-state index contributed by atoms with van der Waals surface area (Å²) in [6, 6.07) is 12.2. The summed E-state index contributed by atoms with van der Waals surface area (Å²) >= 11 is 11.9. The lowest BCUT2D eigenvalue weighted by molar-refractivity contribution is -0.114. The van der Waals surface area contributed by atoms with Gasteiger partial charge in [0, 0.05) is 22.7 Å². The van der Waals surface area contributed by atoms with Gasteiger partial charge in [-0.15, -0.1) is 0 Å². The lowest BCUT2D eigenvalue weighted by Gasteiger charge is -2.12. The highest BCUT2D eigenvalue weighted by Gasteiger charge is 2.17. The summed E-state index contributed by atoms with van der Waals surface area (Å²) in [6.07, 6.45) is 0. The average molecular weight is 367 g/mol. The van der Waals surface area contributed by atoms with Gasteiger partial charge in [0.2, 0.25) is 0 Å². The summed E-state index contributed by atoms with van der Waals surface area (Å²) in [6.45, 7) is 0.215. The van der Waals surface area contributed by atoms with E-state index < -0.39 is 0 Å². The Morgan fingerprint density at radius 2 is 1.83 bits per heavy atom. The number of nitrogens with one attached hydrogen (secondary N) is 1. The number of rotatable bonds is 6. The van der Waals surface area contributed by atoms with Crippen molar-refractivity contribution >= 4 is 34.8 Å². The van der Waals surface area contributed by atoms with E-state index in [-0.39, 0.29) is 18.2 Å². The maximum absolute atomic E-state index is 12.0. The molecule has 0 aromatic heterocycles. The van der Waals surface area contributed by atoms with Crippen molar-refractivity contribution in [3.63, 3.8) is 0 Å². The third-order valence-electron chi connectivity index (χ3n) is 3.13. The fraction of sp³-hybridized carbons (Fsp3) is 0.176. The van der Waals surface area contributed by atoms with E-state index in [1.807, 2.05) is 18.2 Å². The standard InChI is InChI=1S/C17H16Cl2N2O3/c1-20-17(22)16(21-23-2)15-6-4-3-5-11(15)10-24-14-8-12(18)7-13(19)9-14/h3-9H,10H2,1-2H3,(H,20,22)/b21-16+. The number of likely N-dealkylation sites (N-methyl/N-ethyl adjacent to an activating group) is 1. The number of carbonyl (C=O) groups is 1. The normalized spacial score (nSPS) is 11.1. The Bertz CT molecular complexity index is 743. The molecule has 0 aliphatic carbocycles. The number of benzene rings is 2. The topological polar surface area (TPSA) is 59.9 Å². The lowest BCUT2D eigenvalue weighted by Crippen LogP contribution is -2.29. The molecular formula is C17H16Cl2N2O3. The SMILES string of the molecule is CNC(=O)/C(=N/OC)c1ccccc1COc1cc(Cl)cc(Cl)c1. The molecule has 0 fully saturated rings. The summed E-state index contributed by atoms with van der Waals surface area (Å²) in [7, 11) is 2.91. The van der Waals surface area contributed by atoms with E-state index in [9.17, 15) is 4.79 Å². The van der Waals surface area contributed by atoms with Crippen molar-refractivity contribution in [3.05, 3.63) is 63.6 Å². The number of halogens is 2. The Kier molecular flexibility index (Phi) is 6.46. The predicted octanol–water partition coefficient (Wildman–Crippen LogP) is 3.67. The average Bonchev–Trinajstić information content (AvgIpc) is 2.57. The van der Waals surface area contributed by atoms with Crippen LogP contribution < -0.4 is 10.1 Å². The molecule has 2 rings (SSSR count). The Hall–Kier alpha value is -2.24. The first-order valence-corrected chi connectivity index (χ1v) is 7.81. The fourth-order valence-corrected chi connectivity index (χ4v) is 2.58. The zero-order valence-corrected chi connectivity index (χ0v) is 14.7. The van der Waals surface area contributed by atoms with Gasteiger partial charge in [-0.25, -0.2) is 0 Å². The van der Waals surface area contributed by atoms with Crippen LogP contribution >= 0.6 is 23.2 Å². The van der Waals surface area contributed by atoms with Crippen molar-refractivity contribution in [2.45, 2.75) is 6.61 Å². The maximum atomic E-state index is 12.0. The van der Waals surface area contributed by atoms with Gasteiger partial charge in [-0.1, -0.05) is 52.6 Å². The second kappa shape index (κ2) is 8.57. The van der Waals surface area contributed by atoms with E-state index in [4.69, 9.17) is 32.8 Å². The number of nitrogens with zero attached hydrogens (tertiary/aromatic N) is 1. The van der Waals surface area contributed by atoms with Crippen LogP contribution in [0.5, 0.6) is 5.75 Å². The van der Waals surface area contributed by atoms with E-state index in [0.29, 0.717) is 21.4 Å². The third-order valence-corrected chi connectivity index (χ3v) is 3.56. The predicted molar refractivity (Wildman–Crippen MR) is 94.8 cm³/mol. The van der Waals surface area contributed by atoms with Crippen LogP contribution in [0.4, 0.5) is 0 Å². The Morgan fingerprint density at radius 3 is 2.46 bits per heavy atom. The minimum absolute atomic E-state index is 0.170. The molecule has 24 heavy (non-hydrogen) atoms. The summed E-state index contributed by atoms with van der Waals surface area (Å²) in [5.41, 5.74) is 1.56. The number of hydrogen-bond donors (Lipinski definition) is 1. The monoisotopic (exact) mass is 366 g/mol. The Morgan fingerprint density at radius 1 is 1.17 bits per heavy atom. The molecule has 126 valence electrons. The van der Waals surface area contributed by atoms with E-state index in [1.165, 1.54) is 14.2 Å². The molecule has 7 heteroatoms. The molecule has 0 bridgehead atoms. The Labute approximate surface area is 150 Å². The second-order valence-electron chi connectivity index (χ2n) is 4.75. The molecule has 0 aliphatic rings. The zero-order chi connectivity index (χ0) is 17.5. The molecule has 0 atom stereocenters. The molecule has 0 spiro atoms. The van der Waals surface area contributed by atoms with Gasteiger partial charge >= 0.3 is 0 Å². The second-order valence-corrected chi connectivity index (χ2v) is 5.63. The van der Waals surface area contributed by atoms with Gasteiger partial charge in [-0.2, -0.15) is 0 Å². The number of hydrogen-bond acceptors (Lipinski definition) is 4. The van der Waals surface area contributed by atoms with Crippen LogP contribution in [-0.4, -0.2) is 25.8 Å². The summed E-state index contributed by atoms with van der Waals surface area (Å²) in [5.74, 6) is 0.183. The first-order chi connectivity index (χ1) is 11.5. The van der Waals surface area contributed by atoms with Crippen LogP contribution in [0.3, 0.4) is 0 Å². The van der Waals surface area contributed by atoms with Crippen LogP contribution in [0.2, 0.25) is 10.0 Å². The lowest BCUT2D eigenvalue weighted by atomic mass is 10.0. The summed E-state index contributed by atoms with van der Waals surface area (Å²) < 4.78 is 5.74. The first-order valence-electron chi connectivity index (χ1n) is 7.05. The highest BCUT2D eigenvalue weighted by atomic mass is 35.5. The quantitative estimate of drug-likeness (QED) is 0.626. The van der Waals surface area contributed by atoms with Crippen molar-refractivity contribution in [3.8, 4) is 5.75 Å². The van der Waals surface area contributed by atoms with Crippen molar-refractivity contribution in [1.29, 1.82) is 0 Å².